The lowest BCUT2D eigenvalue weighted by molar-refractivity contribution is 0.122. The van der Waals surface area contributed by atoms with Crippen LogP contribution in [0.3, 0.4) is 0 Å². The summed E-state index contributed by atoms with van der Waals surface area (Å²) in [7, 11) is 0. The number of nitrogens with zero attached hydrogens (tertiary/aromatic N) is 4. The molecule has 2 aromatic carbocycles. The first-order chi connectivity index (χ1) is 15.2. The minimum atomic E-state index is 0.518. The van der Waals surface area contributed by atoms with E-state index in [9.17, 15) is 0 Å². The molecule has 1 aliphatic rings. The molecule has 0 aliphatic carbocycles. The van der Waals surface area contributed by atoms with E-state index in [-0.39, 0.29) is 0 Å². The number of hydrogen-bond acceptors (Lipinski definition) is 7. The van der Waals surface area contributed by atoms with Gasteiger partial charge in [0, 0.05) is 24.5 Å². The summed E-state index contributed by atoms with van der Waals surface area (Å²) in [4.78, 5) is 16.1. The first-order valence-corrected chi connectivity index (χ1v) is 11.0. The molecular formula is C24H30N6O. The van der Waals surface area contributed by atoms with E-state index in [4.69, 9.17) is 4.74 Å². The van der Waals surface area contributed by atoms with E-state index in [2.05, 4.69) is 80.7 Å². The third-order valence-electron chi connectivity index (χ3n) is 5.22. The highest BCUT2D eigenvalue weighted by Crippen LogP contribution is 2.22. The highest BCUT2D eigenvalue weighted by Gasteiger charge is 2.17. The monoisotopic (exact) mass is 418 g/mol. The third-order valence-corrected chi connectivity index (χ3v) is 5.22. The van der Waals surface area contributed by atoms with Crippen molar-refractivity contribution in [3.63, 3.8) is 0 Å². The van der Waals surface area contributed by atoms with Crippen LogP contribution in [0.15, 0.2) is 48.5 Å². The molecule has 0 radical (unpaired) electrons. The van der Waals surface area contributed by atoms with Crippen LogP contribution >= 0.6 is 0 Å². The fraction of sp³-hybridized carbons (Fsp3) is 0.375. The van der Waals surface area contributed by atoms with Gasteiger partial charge in [-0.05, 0) is 55.2 Å². The Kier molecular flexibility index (Phi) is 6.94. The first-order valence-electron chi connectivity index (χ1n) is 11.0. The van der Waals surface area contributed by atoms with Crippen molar-refractivity contribution in [2.75, 3.05) is 41.8 Å². The number of rotatable bonds is 8. The Labute approximate surface area is 183 Å². The largest absolute Gasteiger partial charge is 0.378 e. The van der Waals surface area contributed by atoms with Crippen LogP contribution in [0.5, 0.6) is 0 Å². The van der Waals surface area contributed by atoms with Gasteiger partial charge in [-0.3, -0.25) is 0 Å². The Bertz CT molecular complexity index is 986. The Balaban J connectivity index is 1.57. The molecule has 4 rings (SSSR count). The minimum absolute atomic E-state index is 0.518. The lowest BCUT2D eigenvalue weighted by Crippen LogP contribution is -2.37. The summed E-state index contributed by atoms with van der Waals surface area (Å²) in [6.07, 6.45) is 3.51. The summed E-state index contributed by atoms with van der Waals surface area (Å²) in [6, 6.07) is 16.6. The zero-order valence-electron chi connectivity index (χ0n) is 18.3. The van der Waals surface area contributed by atoms with Crippen molar-refractivity contribution in [1.82, 2.24) is 15.0 Å². The number of hydrogen-bond donors (Lipinski definition) is 2. The fourth-order valence-corrected chi connectivity index (χ4v) is 3.50. The predicted molar refractivity (Wildman–Crippen MR) is 126 cm³/mol. The average Bonchev–Trinajstić information content (AvgIpc) is 2.79. The summed E-state index contributed by atoms with van der Waals surface area (Å²) in [5.41, 5.74) is 4.43. The van der Waals surface area contributed by atoms with E-state index >= 15 is 0 Å². The third kappa shape index (κ3) is 5.92. The van der Waals surface area contributed by atoms with Crippen LogP contribution in [-0.4, -0.2) is 41.3 Å². The van der Waals surface area contributed by atoms with Gasteiger partial charge in [0.25, 0.3) is 0 Å². The van der Waals surface area contributed by atoms with Gasteiger partial charge in [0.2, 0.25) is 17.8 Å². The van der Waals surface area contributed by atoms with Crippen molar-refractivity contribution in [3.8, 4) is 0 Å². The lowest BCUT2D eigenvalue weighted by Gasteiger charge is -2.27. The molecule has 31 heavy (non-hydrogen) atoms. The van der Waals surface area contributed by atoms with Gasteiger partial charge in [-0.1, -0.05) is 37.6 Å². The Morgan fingerprint density at radius 2 is 1.61 bits per heavy atom. The van der Waals surface area contributed by atoms with Crippen LogP contribution in [0.1, 0.15) is 30.9 Å². The Hall–Kier alpha value is -3.19. The Morgan fingerprint density at radius 3 is 2.29 bits per heavy atom. The highest BCUT2D eigenvalue weighted by molar-refractivity contribution is 5.60. The molecule has 0 spiro atoms. The SMILES string of the molecule is CCCCc1ccc(Nc2nc(Nc3cccc(C)c3)nc(N3CCOCC3)n2)cc1. The summed E-state index contributed by atoms with van der Waals surface area (Å²) in [5, 5.41) is 6.67. The van der Waals surface area contributed by atoms with Crippen molar-refractivity contribution in [1.29, 1.82) is 0 Å². The first kappa shape index (κ1) is 21.1. The molecule has 1 fully saturated rings. The quantitative estimate of drug-likeness (QED) is 0.542. The van der Waals surface area contributed by atoms with E-state index in [0.29, 0.717) is 31.1 Å². The van der Waals surface area contributed by atoms with Crippen LogP contribution in [0.25, 0.3) is 0 Å². The molecule has 162 valence electrons. The Morgan fingerprint density at radius 1 is 0.903 bits per heavy atom. The molecule has 7 heteroatoms. The molecule has 7 nitrogen and oxygen atoms in total. The number of aromatic nitrogens is 3. The molecule has 0 amide bonds. The maximum absolute atomic E-state index is 5.48. The van der Waals surface area contributed by atoms with Gasteiger partial charge in [-0.15, -0.1) is 0 Å². The van der Waals surface area contributed by atoms with Crippen molar-refractivity contribution in [2.24, 2.45) is 0 Å². The lowest BCUT2D eigenvalue weighted by atomic mass is 10.1. The second-order valence-electron chi connectivity index (χ2n) is 7.80. The van der Waals surface area contributed by atoms with Gasteiger partial charge in [0.15, 0.2) is 0 Å². The number of morpholine rings is 1. The number of ether oxygens (including phenoxy) is 1. The van der Waals surface area contributed by atoms with Crippen LogP contribution < -0.4 is 15.5 Å². The summed E-state index contributed by atoms with van der Waals surface area (Å²) in [6.45, 7) is 7.15. The van der Waals surface area contributed by atoms with Crippen molar-refractivity contribution >= 4 is 29.2 Å². The van der Waals surface area contributed by atoms with Gasteiger partial charge in [0.05, 0.1) is 13.2 Å². The summed E-state index contributed by atoms with van der Waals surface area (Å²) < 4.78 is 5.48. The molecule has 1 aliphatic heterocycles. The molecule has 0 unspecified atom stereocenters. The maximum Gasteiger partial charge on any atom is 0.233 e. The van der Waals surface area contributed by atoms with Crippen molar-refractivity contribution < 1.29 is 4.74 Å². The van der Waals surface area contributed by atoms with Gasteiger partial charge < -0.3 is 20.3 Å². The summed E-state index contributed by atoms with van der Waals surface area (Å²) >= 11 is 0. The molecular weight excluding hydrogens is 388 g/mol. The molecule has 2 N–H and O–H groups in total. The minimum Gasteiger partial charge on any atom is -0.378 e. The highest BCUT2D eigenvalue weighted by atomic mass is 16.5. The predicted octanol–water partition coefficient (Wildman–Crippen LogP) is 4.85. The van der Waals surface area contributed by atoms with E-state index in [1.165, 1.54) is 24.0 Å². The maximum atomic E-state index is 5.48. The molecule has 1 saturated heterocycles. The smallest absolute Gasteiger partial charge is 0.233 e. The van der Waals surface area contributed by atoms with Gasteiger partial charge in [0.1, 0.15) is 0 Å². The van der Waals surface area contributed by atoms with Crippen LogP contribution in [0.2, 0.25) is 0 Å². The fourth-order valence-electron chi connectivity index (χ4n) is 3.50. The zero-order chi connectivity index (χ0) is 21.5. The topological polar surface area (TPSA) is 75.2 Å². The second kappa shape index (κ2) is 10.2. The van der Waals surface area contributed by atoms with Gasteiger partial charge in [-0.2, -0.15) is 15.0 Å². The molecule has 1 aromatic heterocycles. The number of nitrogens with one attached hydrogen (secondary N) is 2. The summed E-state index contributed by atoms with van der Waals surface area (Å²) in [5.74, 6) is 1.69. The number of unbranched alkanes of at least 4 members (excludes halogenated alkanes) is 1. The van der Waals surface area contributed by atoms with E-state index in [1.807, 2.05) is 12.1 Å². The number of anilines is 5. The van der Waals surface area contributed by atoms with Crippen LogP contribution in [-0.2, 0) is 11.2 Å². The second-order valence-corrected chi connectivity index (χ2v) is 7.80. The standard InChI is InChI=1S/C24H30N6O/c1-3-4-7-19-9-11-20(12-10-19)25-22-27-23(26-21-8-5-6-18(2)17-21)29-24(28-22)30-13-15-31-16-14-30/h5-6,8-12,17H,3-4,7,13-16H2,1-2H3,(H2,25,26,27,28,29). The van der Waals surface area contributed by atoms with Crippen molar-refractivity contribution in [2.45, 2.75) is 33.1 Å². The van der Waals surface area contributed by atoms with Crippen LogP contribution in [0, 0.1) is 6.92 Å². The van der Waals surface area contributed by atoms with Crippen molar-refractivity contribution in [3.05, 3.63) is 59.7 Å². The normalized spacial score (nSPS) is 13.8. The molecule has 0 atom stereocenters. The number of benzene rings is 2. The zero-order valence-corrected chi connectivity index (χ0v) is 18.3. The molecule has 3 aromatic rings. The molecule has 0 saturated carbocycles. The van der Waals surface area contributed by atoms with Crippen LogP contribution in [0.4, 0.5) is 29.2 Å². The van der Waals surface area contributed by atoms with Gasteiger partial charge >= 0.3 is 0 Å². The van der Waals surface area contributed by atoms with E-state index in [0.717, 1.165) is 30.9 Å². The van der Waals surface area contributed by atoms with E-state index in [1.54, 1.807) is 0 Å². The average molecular weight is 419 g/mol. The van der Waals surface area contributed by atoms with E-state index < -0.39 is 0 Å². The molecule has 0 bridgehead atoms. The van der Waals surface area contributed by atoms with Gasteiger partial charge in [-0.25, -0.2) is 0 Å². The molecule has 2 heterocycles. The number of aryl methyl sites for hydroxylation is 2.